The van der Waals surface area contributed by atoms with Crippen LogP contribution in [-0.4, -0.2) is 6.54 Å². The fourth-order valence-corrected chi connectivity index (χ4v) is 0.371. The molecule has 0 saturated carbocycles. The first-order valence-electron chi connectivity index (χ1n) is 2.45. The summed E-state index contributed by atoms with van der Waals surface area (Å²) in [6.07, 6.45) is 0.166. The van der Waals surface area contributed by atoms with Crippen molar-refractivity contribution in [1.29, 1.82) is 10.5 Å². The number of hydrogen-bond acceptors (Lipinski definition) is 2. The molecule has 0 amide bonds. The smallest absolute Gasteiger partial charge is 0.231 e. The molecular formula is C6H5N3. The molecule has 0 fully saturated rings. The molecule has 0 bridgehead atoms. The molecule has 44 valence electrons. The van der Waals surface area contributed by atoms with Crippen LogP contribution in [0.4, 0.5) is 0 Å². The number of hydrogen-bond donors (Lipinski definition) is 0. The molecule has 0 aromatic rings. The molecule has 0 aliphatic heterocycles. The number of nitriles is 2. The lowest BCUT2D eigenvalue weighted by molar-refractivity contribution is 0.743. The first-order chi connectivity index (χ1) is 4.35. The van der Waals surface area contributed by atoms with Crippen LogP contribution >= 0.6 is 0 Å². The molecule has 0 spiro atoms. The van der Waals surface area contributed by atoms with Gasteiger partial charge in [-0.05, 0) is 0 Å². The van der Waals surface area contributed by atoms with Crippen LogP contribution < -0.4 is 0 Å². The third-order valence-electron chi connectivity index (χ3n) is 0.832. The molecular weight excluding hydrogens is 114 g/mol. The minimum atomic E-state index is -0.396. The van der Waals surface area contributed by atoms with E-state index in [9.17, 15) is 0 Å². The Kier molecular flexibility index (Phi) is 3.84. The van der Waals surface area contributed by atoms with Crippen LogP contribution in [0.2, 0.25) is 0 Å². The molecule has 9 heavy (non-hydrogen) atoms. The van der Waals surface area contributed by atoms with Crippen molar-refractivity contribution in [2.75, 3.05) is 6.54 Å². The van der Waals surface area contributed by atoms with E-state index in [1.807, 2.05) is 12.1 Å². The van der Waals surface area contributed by atoms with E-state index in [-0.39, 0.29) is 13.0 Å². The zero-order valence-corrected chi connectivity index (χ0v) is 4.83. The summed E-state index contributed by atoms with van der Waals surface area (Å²) in [5, 5.41) is 16.3. The Hall–Kier alpha value is -1.53. The van der Waals surface area contributed by atoms with Gasteiger partial charge in [0.05, 0.1) is 18.6 Å². The van der Waals surface area contributed by atoms with E-state index < -0.39 is 5.92 Å². The molecule has 0 radical (unpaired) electrons. The van der Waals surface area contributed by atoms with E-state index in [1.54, 1.807) is 0 Å². The van der Waals surface area contributed by atoms with E-state index in [4.69, 9.17) is 17.1 Å². The molecule has 3 nitrogen and oxygen atoms in total. The summed E-state index contributed by atoms with van der Waals surface area (Å²) < 4.78 is 0. The molecule has 0 heterocycles. The van der Waals surface area contributed by atoms with Crippen molar-refractivity contribution in [3.05, 3.63) is 11.4 Å². The van der Waals surface area contributed by atoms with Crippen molar-refractivity contribution in [1.82, 2.24) is 0 Å². The van der Waals surface area contributed by atoms with Crippen molar-refractivity contribution >= 4 is 0 Å². The highest BCUT2D eigenvalue weighted by atomic mass is 14.6. The fraction of sp³-hybridized carbons (Fsp3) is 0.500. The summed E-state index contributed by atoms with van der Waals surface area (Å²) in [5.74, 6) is -0.396. The zero-order valence-electron chi connectivity index (χ0n) is 4.83. The van der Waals surface area contributed by atoms with E-state index in [0.717, 1.165) is 0 Å². The largest absolute Gasteiger partial charge is 0.315 e. The monoisotopic (exact) mass is 119 g/mol. The number of nitrogens with zero attached hydrogens (tertiary/aromatic N) is 3. The molecule has 0 aromatic heterocycles. The van der Waals surface area contributed by atoms with Crippen LogP contribution in [0, 0.1) is 35.2 Å². The third-order valence-corrected chi connectivity index (χ3v) is 0.832. The Morgan fingerprint density at radius 3 is 2.56 bits per heavy atom. The van der Waals surface area contributed by atoms with Crippen molar-refractivity contribution in [2.45, 2.75) is 6.42 Å². The van der Waals surface area contributed by atoms with E-state index in [2.05, 4.69) is 4.85 Å². The molecule has 0 rings (SSSR count). The fourth-order valence-electron chi connectivity index (χ4n) is 0.371. The summed E-state index contributed by atoms with van der Waals surface area (Å²) in [5.41, 5.74) is 0. The van der Waals surface area contributed by atoms with Gasteiger partial charge in [-0.3, -0.25) is 0 Å². The minimum absolute atomic E-state index is 0.143. The summed E-state index contributed by atoms with van der Waals surface area (Å²) >= 11 is 0. The normalized spacial score (nSPS) is 10.3. The van der Waals surface area contributed by atoms with Crippen molar-refractivity contribution in [3.8, 4) is 12.1 Å². The Morgan fingerprint density at radius 2 is 2.22 bits per heavy atom. The molecule has 0 N–H and O–H groups in total. The van der Waals surface area contributed by atoms with Gasteiger partial charge in [-0.1, -0.05) is 0 Å². The zero-order chi connectivity index (χ0) is 7.11. The summed E-state index contributed by atoms with van der Waals surface area (Å²) in [4.78, 5) is 3.00. The predicted molar refractivity (Wildman–Crippen MR) is 30.8 cm³/mol. The number of rotatable bonds is 2. The van der Waals surface area contributed by atoms with Crippen LogP contribution in [-0.2, 0) is 0 Å². The molecule has 0 aromatic carbocycles. The molecule has 1 unspecified atom stereocenters. The van der Waals surface area contributed by atoms with Crippen LogP contribution in [0.3, 0.4) is 0 Å². The van der Waals surface area contributed by atoms with Gasteiger partial charge in [0.15, 0.2) is 0 Å². The molecule has 3 heteroatoms. The second-order valence-electron chi connectivity index (χ2n) is 1.53. The van der Waals surface area contributed by atoms with Gasteiger partial charge >= 0.3 is 0 Å². The van der Waals surface area contributed by atoms with Gasteiger partial charge in [0.1, 0.15) is 5.92 Å². The van der Waals surface area contributed by atoms with Crippen LogP contribution in [0.5, 0.6) is 0 Å². The maximum absolute atomic E-state index is 8.24. The van der Waals surface area contributed by atoms with Gasteiger partial charge in [-0.2, -0.15) is 10.5 Å². The third kappa shape index (κ3) is 3.09. The second kappa shape index (κ2) is 4.62. The highest BCUT2D eigenvalue weighted by Crippen LogP contribution is 1.99. The molecule has 1 atom stereocenters. The van der Waals surface area contributed by atoms with Gasteiger partial charge < -0.3 is 4.85 Å². The van der Waals surface area contributed by atoms with Crippen molar-refractivity contribution in [3.63, 3.8) is 0 Å². The van der Waals surface area contributed by atoms with Gasteiger partial charge in [-0.15, -0.1) is 0 Å². The molecule has 0 aliphatic rings. The van der Waals surface area contributed by atoms with E-state index in [0.29, 0.717) is 0 Å². The van der Waals surface area contributed by atoms with Gasteiger partial charge in [0.25, 0.3) is 0 Å². The summed E-state index contributed by atoms with van der Waals surface area (Å²) in [6, 6.07) is 3.71. The standard InChI is InChI=1S/C6H5N3/c1-9-5-6(4-8)2-3-7/h6H,2,5H2. The summed E-state index contributed by atoms with van der Waals surface area (Å²) in [6.45, 7) is 6.52. The van der Waals surface area contributed by atoms with E-state index in [1.165, 1.54) is 0 Å². The van der Waals surface area contributed by atoms with Crippen LogP contribution in [0.15, 0.2) is 0 Å². The van der Waals surface area contributed by atoms with E-state index >= 15 is 0 Å². The maximum Gasteiger partial charge on any atom is 0.231 e. The van der Waals surface area contributed by atoms with Gasteiger partial charge in [-0.25, -0.2) is 6.57 Å². The van der Waals surface area contributed by atoms with Crippen molar-refractivity contribution in [2.24, 2.45) is 5.92 Å². The lowest BCUT2D eigenvalue weighted by Gasteiger charge is -1.88. The SMILES string of the molecule is [C-]#[N+]CC(C#N)CC#N. The Labute approximate surface area is 54.0 Å². The second-order valence-corrected chi connectivity index (χ2v) is 1.53. The average molecular weight is 119 g/mol. The van der Waals surface area contributed by atoms with Crippen LogP contribution in [0.25, 0.3) is 4.85 Å². The van der Waals surface area contributed by atoms with Gasteiger partial charge in [0.2, 0.25) is 6.54 Å². The average Bonchev–Trinajstić information content (AvgIpc) is 1.88. The first kappa shape index (κ1) is 7.47. The Morgan fingerprint density at radius 1 is 1.56 bits per heavy atom. The minimum Gasteiger partial charge on any atom is -0.315 e. The Bertz CT molecular complexity index is 172. The molecule has 0 aliphatic carbocycles. The van der Waals surface area contributed by atoms with Gasteiger partial charge in [0, 0.05) is 0 Å². The quantitative estimate of drug-likeness (QED) is 0.508. The molecule has 0 saturated heterocycles. The lowest BCUT2D eigenvalue weighted by Crippen LogP contribution is -1.97. The topological polar surface area (TPSA) is 51.9 Å². The van der Waals surface area contributed by atoms with Crippen LogP contribution in [0.1, 0.15) is 6.42 Å². The first-order valence-corrected chi connectivity index (χ1v) is 2.45. The summed E-state index contributed by atoms with van der Waals surface area (Å²) in [7, 11) is 0. The predicted octanol–water partition coefficient (Wildman–Crippen LogP) is 0.959. The van der Waals surface area contributed by atoms with Crippen molar-refractivity contribution < 1.29 is 0 Å². The highest BCUT2D eigenvalue weighted by Gasteiger charge is 2.07. The highest BCUT2D eigenvalue weighted by molar-refractivity contribution is 4.93. The maximum atomic E-state index is 8.24. The lowest BCUT2D eigenvalue weighted by atomic mass is 10.1. The Balaban J connectivity index is 3.65.